The molecule has 2 nitrogen and oxygen atoms in total. The number of rotatable bonds is 2. The molecule has 0 aliphatic heterocycles. The van der Waals surface area contributed by atoms with Crippen molar-refractivity contribution >= 4 is 15.9 Å². The van der Waals surface area contributed by atoms with Gasteiger partial charge in [0.1, 0.15) is 5.82 Å². The first-order valence-electron chi connectivity index (χ1n) is 6.05. The van der Waals surface area contributed by atoms with Gasteiger partial charge in [0.05, 0.1) is 5.41 Å². The van der Waals surface area contributed by atoms with Gasteiger partial charge in [0.2, 0.25) is 0 Å². The van der Waals surface area contributed by atoms with Crippen molar-refractivity contribution in [2.45, 2.75) is 24.2 Å². The Morgan fingerprint density at radius 2 is 2.05 bits per heavy atom. The highest BCUT2D eigenvalue weighted by molar-refractivity contribution is 9.10. The summed E-state index contributed by atoms with van der Waals surface area (Å²) in [6.45, 7) is 0. The molecule has 2 aromatic rings. The van der Waals surface area contributed by atoms with E-state index in [-0.39, 0.29) is 12.8 Å². The van der Waals surface area contributed by atoms with Crippen LogP contribution in [-0.2, 0) is 12.5 Å². The topological polar surface area (TPSA) is 17.8 Å². The second-order valence-corrected chi connectivity index (χ2v) is 6.08. The first kappa shape index (κ1) is 12.8. The molecule has 0 spiro atoms. The Morgan fingerprint density at radius 3 is 2.58 bits per heavy atom. The van der Waals surface area contributed by atoms with E-state index < -0.39 is 11.3 Å². The zero-order valence-corrected chi connectivity index (χ0v) is 12.0. The van der Waals surface area contributed by atoms with Crippen molar-refractivity contribution in [1.29, 1.82) is 0 Å². The maximum absolute atomic E-state index is 13.5. The molecule has 1 fully saturated rings. The van der Waals surface area contributed by atoms with Gasteiger partial charge in [-0.15, -0.1) is 0 Å². The van der Waals surface area contributed by atoms with Crippen LogP contribution in [0.15, 0.2) is 41.1 Å². The Bertz CT molecular complexity index is 613. The minimum Gasteiger partial charge on any atom is -0.337 e. The van der Waals surface area contributed by atoms with E-state index in [2.05, 4.69) is 20.9 Å². The summed E-state index contributed by atoms with van der Waals surface area (Å²) < 4.78 is 29.7. The summed E-state index contributed by atoms with van der Waals surface area (Å²) in [5.41, 5.74) is 0.216. The van der Waals surface area contributed by atoms with Gasteiger partial charge in [-0.3, -0.25) is 0 Å². The van der Waals surface area contributed by atoms with E-state index in [4.69, 9.17) is 0 Å². The molecule has 0 N–H and O–H groups in total. The maximum atomic E-state index is 13.5. The molecule has 1 heterocycles. The van der Waals surface area contributed by atoms with E-state index in [1.807, 2.05) is 35.9 Å². The van der Waals surface area contributed by atoms with Gasteiger partial charge in [-0.1, -0.05) is 28.1 Å². The number of hydrogen-bond donors (Lipinski definition) is 0. The van der Waals surface area contributed by atoms with Crippen molar-refractivity contribution in [3.05, 3.63) is 52.5 Å². The second-order valence-electron chi connectivity index (χ2n) is 5.16. The predicted molar refractivity (Wildman–Crippen MR) is 72.3 cm³/mol. The highest BCUT2D eigenvalue weighted by atomic mass is 79.9. The number of halogens is 3. The highest BCUT2D eigenvalue weighted by Crippen LogP contribution is 2.56. The van der Waals surface area contributed by atoms with Crippen molar-refractivity contribution in [3.8, 4) is 0 Å². The summed E-state index contributed by atoms with van der Waals surface area (Å²) in [4.78, 5) is 4.30. The summed E-state index contributed by atoms with van der Waals surface area (Å²) in [6.07, 6.45) is 3.10. The van der Waals surface area contributed by atoms with Crippen LogP contribution < -0.4 is 0 Å². The van der Waals surface area contributed by atoms with Crippen molar-refractivity contribution in [2.75, 3.05) is 0 Å². The summed E-state index contributed by atoms with van der Waals surface area (Å²) in [7, 11) is 1.85. The average Bonchev–Trinajstić information content (AvgIpc) is 2.72. The van der Waals surface area contributed by atoms with E-state index in [9.17, 15) is 8.78 Å². The van der Waals surface area contributed by atoms with Crippen LogP contribution >= 0.6 is 15.9 Å². The molecule has 3 rings (SSSR count). The Morgan fingerprint density at radius 1 is 1.32 bits per heavy atom. The molecule has 0 amide bonds. The molecule has 1 aliphatic carbocycles. The quantitative estimate of drug-likeness (QED) is 0.818. The summed E-state index contributed by atoms with van der Waals surface area (Å²) >= 11 is 3.40. The highest BCUT2D eigenvalue weighted by Gasteiger charge is 2.60. The molecule has 19 heavy (non-hydrogen) atoms. The molecule has 5 heteroatoms. The zero-order chi connectivity index (χ0) is 13.7. The average molecular weight is 327 g/mol. The molecule has 0 bridgehead atoms. The number of hydrogen-bond acceptors (Lipinski definition) is 1. The second kappa shape index (κ2) is 4.13. The Labute approximate surface area is 118 Å². The molecule has 1 aromatic heterocycles. The van der Waals surface area contributed by atoms with Crippen LogP contribution in [0.1, 0.15) is 24.2 Å². The van der Waals surface area contributed by atoms with E-state index in [0.717, 1.165) is 10.0 Å². The third kappa shape index (κ3) is 2.00. The summed E-state index contributed by atoms with van der Waals surface area (Å²) in [6, 6.07) is 7.57. The van der Waals surface area contributed by atoms with Crippen LogP contribution in [0.2, 0.25) is 0 Å². The number of benzene rings is 1. The largest absolute Gasteiger partial charge is 0.337 e. The molecule has 0 unspecified atom stereocenters. The molecule has 1 aromatic carbocycles. The van der Waals surface area contributed by atoms with Crippen LogP contribution in [0.25, 0.3) is 0 Å². The van der Waals surface area contributed by atoms with Gasteiger partial charge in [-0.25, -0.2) is 13.8 Å². The molecular weight excluding hydrogens is 314 g/mol. The molecule has 1 saturated carbocycles. The molecule has 100 valence electrons. The zero-order valence-electron chi connectivity index (χ0n) is 10.4. The van der Waals surface area contributed by atoms with Gasteiger partial charge < -0.3 is 4.57 Å². The van der Waals surface area contributed by atoms with Crippen LogP contribution in [0.3, 0.4) is 0 Å². The minimum atomic E-state index is -2.60. The van der Waals surface area contributed by atoms with Gasteiger partial charge in [0.15, 0.2) is 0 Å². The monoisotopic (exact) mass is 326 g/mol. The first-order chi connectivity index (χ1) is 8.93. The van der Waals surface area contributed by atoms with Crippen molar-refractivity contribution < 1.29 is 8.78 Å². The number of nitrogens with zero attached hydrogens (tertiary/aromatic N) is 2. The molecule has 0 radical (unpaired) electrons. The molecular formula is C14H13BrF2N2. The van der Waals surface area contributed by atoms with Crippen LogP contribution in [0.5, 0.6) is 0 Å². The Kier molecular flexibility index (Phi) is 2.78. The molecule has 0 saturated heterocycles. The predicted octanol–water partition coefficient (Wildman–Crippen LogP) is 3.90. The standard InChI is InChI=1S/C14H13BrF2N2/c1-19-6-5-18-12(19)13(8-14(16,17)9-13)10-3-2-4-11(15)7-10/h2-7H,8-9H2,1H3. The Hall–Kier alpha value is -1.23. The lowest BCUT2D eigenvalue weighted by Crippen LogP contribution is -2.51. The van der Waals surface area contributed by atoms with Gasteiger partial charge in [0, 0.05) is 36.8 Å². The van der Waals surface area contributed by atoms with Gasteiger partial charge in [-0.05, 0) is 17.7 Å². The lowest BCUT2D eigenvalue weighted by molar-refractivity contribution is -0.116. The van der Waals surface area contributed by atoms with Gasteiger partial charge >= 0.3 is 0 Å². The minimum absolute atomic E-state index is 0.179. The lowest BCUT2D eigenvalue weighted by Gasteiger charge is -2.47. The van der Waals surface area contributed by atoms with Crippen LogP contribution in [0, 0.1) is 0 Å². The van der Waals surface area contributed by atoms with Crippen molar-refractivity contribution in [3.63, 3.8) is 0 Å². The number of aromatic nitrogens is 2. The van der Waals surface area contributed by atoms with Gasteiger partial charge in [-0.2, -0.15) is 0 Å². The van der Waals surface area contributed by atoms with E-state index in [1.165, 1.54) is 0 Å². The summed E-state index contributed by atoms with van der Waals surface area (Å²) in [5, 5.41) is 0. The maximum Gasteiger partial charge on any atom is 0.250 e. The normalized spacial score (nSPS) is 20.0. The van der Waals surface area contributed by atoms with Crippen LogP contribution in [-0.4, -0.2) is 15.5 Å². The lowest BCUT2D eigenvalue weighted by atomic mass is 9.61. The van der Waals surface area contributed by atoms with E-state index >= 15 is 0 Å². The fourth-order valence-electron chi connectivity index (χ4n) is 2.94. The smallest absolute Gasteiger partial charge is 0.250 e. The third-order valence-electron chi connectivity index (χ3n) is 3.75. The SMILES string of the molecule is Cn1ccnc1C1(c2cccc(Br)c2)CC(F)(F)C1. The first-order valence-corrected chi connectivity index (χ1v) is 6.84. The Balaban J connectivity index is 2.12. The summed E-state index contributed by atoms with van der Waals surface area (Å²) in [5.74, 6) is -1.90. The fourth-order valence-corrected chi connectivity index (χ4v) is 3.33. The third-order valence-corrected chi connectivity index (χ3v) is 4.24. The molecule has 0 atom stereocenters. The van der Waals surface area contributed by atoms with Crippen LogP contribution in [0.4, 0.5) is 8.78 Å². The fraction of sp³-hybridized carbons (Fsp3) is 0.357. The van der Waals surface area contributed by atoms with E-state index in [0.29, 0.717) is 5.82 Å². The van der Waals surface area contributed by atoms with Crippen molar-refractivity contribution in [2.24, 2.45) is 7.05 Å². The van der Waals surface area contributed by atoms with Gasteiger partial charge in [0.25, 0.3) is 5.92 Å². The molecule has 1 aliphatic rings. The number of alkyl halides is 2. The number of aryl methyl sites for hydroxylation is 1. The number of imidazole rings is 1. The van der Waals surface area contributed by atoms with E-state index in [1.54, 1.807) is 12.4 Å². The van der Waals surface area contributed by atoms with Crippen molar-refractivity contribution in [1.82, 2.24) is 9.55 Å².